The van der Waals surface area contributed by atoms with Gasteiger partial charge in [0.2, 0.25) is 0 Å². The van der Waals surface area contributed by atoms with Gasteiger partial charge in [-0.2, -0.15) is 0 Å². The van der Waals surface area contributed by atoms with Crippen LogP contribution in [0.15, 0.2) is 22.8 Å². The fourth-order valence-corrected chi connectivity index (χ4v) is 5.23. The number of carbonyl (C=O) groups excluding carboxylic acids is 1. The molecule has 140 valence electrons. The van der Waals surface area contributed by atoms with Gasteiger partial charge in [0.05, 0.1) is 18.6 Å². The van der Waals surface area contributed by atoms with Gasteiger partial charge < -0.3 is 14.2 Å². The Hall–Kier alpha value is -1.65. The Morgan fingerprint density at radius 2 is 2.12 bits per heavy atom. The Labute approximate surface area is 154 Å². The highest BCUT2D eigenvalue weighted by Gasteiger charge is 2.71. The van der Waals surface area contributed by atoms with Crippen LogP contribution >= 0.6 is 0 Å². The first-order valence-electron chi connectivity index (χ1n) is 9.12. The van der Waals surface area contributed by atoms with Crippen molar-refractivity contribution in [1.29, 1.82) is 0 Å². The van der Waals surface area contributed by atoms with Crippen LogP contribution in [0, 0.1) is 11.8 Å². The molecule has 1 spiro atoms. The van der Waals surface area contributed by atoms with Crippen molar-refractivity contribution >= 4 is 5.97 Å². The van der Waals surface area contributed by atoms with Gasteiger partial charge in [0, 0.05) is 43.1 Å². The molecule has 3 heterocycles. The van der Waals surface area contributed by atoms with Gasteiger partial charge >= 0.3 is 5.97 Å². The van der Waals surface area contributed by atoms with Gasteiger partial charge in [-0.25, -0.2) is 4.79 Å². The first-order chi connectivity index (χ1) is 12.5. The number of esters is 1. The summed E-state index contributed by atoms with van der Waals surface area (Å²) in [6.45, 7) is 2.86. The second kappa shape index (κ2) is 6.21. The zero-order valence-corrected chi connectivity index (χ0v) is 16.0. The average molecular weight is 358 g/mol. The van der Waals surface area contributed by atoms with E-state index in [1.165, 1.54) is 0 Å². The Kier molecular flexibility index (Phi) is 4.24. The lowest BCUT2D eigenvalue weighted by Gasteiger charge is -2.41. The molecule has 0 N–H and O–H groups in total. The molecule has 4 aliphatic rings. The van der Waals surface area contributed by atoms with E-state index in [9.17, 15) is 4.79 Å². The fourth-order valence-electron chi connectivity index (χ4n) is 5.23. The van der Waals surface area contributed by atoms with E-state index in [-0.39, 0.29) is 30.4 Å². The molecular formula is C20H26N2O4. The number of nitrogens with zero attached hydrogens (tertiary/aromatic N) is 2. The van der Waals surface area contributed by atoms with Crippen molar-refractivity contribution in [2.45, 2.75) is 49.8 Å². The smallest absolute Gasteiger partial charge is 0.332 e. The Bertz CT molecular complexity index is 756. The molecule has 4 rings (SSSR count). The van der Waals surface area contributed by atoms with Crippen LogP contribution in [0.1, 0.15) is 19.8 Å². The molecule has 0 aromatic heterocycles. The summed E-state index contributed by atoms with van der Waals surface area (Å²) in [4.78, 5) is 16.6. The number of fused-ring (bicyclic) bond motifs is 1. The van der Waals surface area contributed by atoms with Crippen LogP contribution in [0.5, 0.6) is 0 Å². The molecule has 2 saturated heterocycles. The van der Waals surface area contributed by atoms with E-state index in [2.05, 4.69) is 23.7 Å². The zero-order chi connectivity index (χ0) is 18.6. The summed E-state index contributed by atoms with van der Waals surface area (Å²) in [5.74, 6) is 6.25. The second-order valence-electron chi connectivity index (χ2n) is 7.67. The molecule has 0 radical (unpaired) electrons. The number of ether oxygens (including phenoxy) is 3. The van der Waals surface area contributed by atoms with Crippen LogP contribution in [-0.4, -0.2) is 80.6 Å². The molecule has 0 bridgehead atoms. The predicted molar refractivity (Wildman–Crippen MR) is 96.2 cm³/mol. The molecule has 1 aliphatic carbocycles. The second-order valence-corrected chi connectivity index (χ2v) is 7.67. The maximum absolute atomic E-state index is 12.1. The molecule has 6 heteroatoms. The van der Waals surface area contributed by atoms with Crippen LogP contribution in [0.2, 0.25) is 0 Å². The minimum Gasteiger partial charge on any atom is -0.445 e. The van der Waals surface area contributed by atoms with Gasteiger partial charge in [0.1, 0.15) is 0 Å². The van der Waals surface area contributed by atoms with E-state index in [0.29, 0.717) is 6.54 Å². The van der Waals surface area contributed by atoms with E-state index in [0.717, 1.165) is 29.6 Å². The monoisotopic (exact) mass is 358 g/mol. The third-order valence-corrected chi connectivity index (χ3v) is 6.06. The molecule has 3 aliphatic heterocycles. The SMILES string of the molecule is COC(OC)C1CC[C@H]2N1[C@@H](C)C1=C(C#CCN(C)C)C3=CC(=O)O[C@]312. The molecule has 0 saturated carbocycles. The largest absolute Gasteiger partial charge is 0.445 e. The van der Waals surface area contributed by atoms with Gasteiger partial charge in [-0.15, -0.1) is 0 Å². The summed E-state index contributed by atoms with van der Waals surface area (Å²) in [7, 11) is 7.34. The highest BCUT2D eigenvalue weighted by molar-refractivity contribution is 5.94. The fraction of sp³-hybridized carbons (Fsp3) is 0.650. The van der Waals surface area contributed by atoms with Crippen molar-refractivity contribution in [2.75, 3.05) is 34.9 Å². The lowest BCUT2D eigenvalue weighted by atomic mass is 9.66. The number of rotatable bonds is 4. The van der Waals surface area contributed by atoms with Crippen molar-refractivity contribution < 1.29 is 19.0 Å². The molecule has 1 unspecified atom stereocenters. The summed E-state index contributed by atoms with van der Waals surface area (Å²) in [6, 6.07) is 0.434. The molecular weight excluding hydrogens is 332 g/mol. The van der Waals surface area contributed by atoms with Crippen molar-refractivity contribution in [3.05, 3.63) is 22.8 Å². The van der Waals surface area contributed by atoms with Gasteiger partial charge in [0.15, 0.2) is 11.9 Å². The maximum Gasteiger partial charge on any atom is 0.332 e. The van der Waals surface area contributed by atoms with E-state index in [4.69, 9.17) is 14.2 Å². The molecule has 0 amide bonds. The van der Waals surface area contributed by atoms with Crippen LogP contribution in [0.25, 0.3) is 0 Å². The normalized spacial score (nSPS) is 35.0. The lowest BCUT2D eigenvalue weighted by molar-refractivity contribution is -0.151. The molecule has 0 aromatic rings. The summed E-state index contributed by atoms with van der Waals surface area (Å²) in [5, 5.41) is 0. The molecule has 26 heavy (non-hydrogen) atoms. The number of hydrogen-bond donors (Lipinski definition) is 0. The Morgan fingerprint density at radius 1 is 1.38 bits per heavy atom. The quantitative estimate of drug-likeness (QED) is 0.424. The molecule has 2 fully saturated rings. The van der Waals surface area contributed by atoms with Crippen molar-refractivity contribution in [2.24, 2.45) is 0 Å². The summed E-state index contributed by atoms with van der Waals surface area (Å²) < 4.78 is 17.0. The minimum absolute atomic E-state index is 0.141. The first kappa shape index (κ1) is 17.7. The van der Waals surface area contributed by atoms with Gasteiger partial charge in [-0.05, 0) is 33.9 Å². The van der Waals surface area contributed by atoms with E-state index < -0.39 is 5.60 Å². The molecule has 0 aromatic carbocycles. The summed E-state index contributed by atoms with van der Waals surface area (Å²) in [6.07, 6.45) is 3.26. The van der Waals surface area contributed by atoms with E-state index in [1.807, 2.05) is 19.0 Å². The summed E-state index contributed by atoms with van der Waals surface area (Å²) in [5.41, 5.74) is 2.51. The lowest BCUT2D eigenvalue weighted by Crippen LogP contribution is -2.51. The third kappa shape index (κ3) is 2.18. The standard InChI is InChI=1S/C20H26N2O4/c1-12-18-13(7-6-10-21(2)3)14-11-17(23)26-20(14,18)16-9-8-15(22(12)16)19(24-4)25-5/h11-12,15-16,19H,8-10H2,1-5H3/t12-,15?,16+,20-/m0/s1. The van der Waals surface area contributed by atoms with Crippen LogP contribution < -0.4 is 0 Å². The van der Waals surface area contributed by atoms with E-state index in [1.54, 1.807) is 20.3 Å². The highest BCUT2D eigenvalue weighted by Crippen LogP contribution is 2.62. The number of methoxy groups -OCH3 is 2. The number of hydrogen-bond acceptors (Lipinski definition) is 6. The topological polar surface area (TPSA) is 51.2 Å². The molecule has 6 nitrogen and oxygen atoms in total. The maximum atomic E-state index is 12.1. The number of carbonyl (C=O) groups is 1. The average Bonchev–Trinajstić information content (AvgIpc) is 3.19. The van der Waals surface area contributed by atoms with Crippen molar-refractivity contribution in [3.8, 4) is 11.8 Å². The summed E-state index contributed by atoms with van der Waals surface area (Å²) >= 11 is 0. The van der Waals surface area contributed by atoms with Gasteiger partial charge in [-0.1, -0.05) is 11.8 Å². The van der Waals surface area contributed by atoms with E-state index >= 15 is 0 Å². The van der Waals surface area contributed by atoms with Gasteiger partial charge in [-0.3, -0.25) is 9.80 Å². The Balaban J connectivity index is 1.73. The van der Waals surface area contributed by atoms with Crippen molar-refractivity contribution in [1.82, 2.24) is 9.80 Å². The zero-order valence-electron chi connectivity index (χ0n) is 16.0. The minimum atomic E-state index is -0.598. The Morgan fingerprint density at radius 3 is 2.77 bits per heavy atom. The van der Waals surface area contributed by atoms with Crippen molar-refractivity contribution in [3.63, 3.8) is 0 Å². The third-order valence-electron chi connectivity index (χ3n) is 6.06. The molecule has 4 atom stereocenters. The van der Waals surface area contributed by atoms with Gasteiger partial charge in [0.25, 0.3) is 0 Å². The highest BCUT2D eigenvalue weighted by atomic mass is 16.7. The first-order valence-corrected chi connectivity index (χ1v) is 9.12. The van der Waals surface area contributed by atoms with Crippen LogP contribution in [0.4, 0.5) is 0 Å². The predicted octanol–water partition coefficient (Wildman–Crippen LogP) is 0.938. The van der Waals surface area contributed by atoms with Crippen LogP contribution in [-0.2, 0) is 19.0 Å². The van der Waals surface area contributed by atoms with Crippen LogP contribution in [0.3, 0.4) is 0 Å².